The number of rotatable bonds is 5. The van der Waals surface area contributed by atoms with Crippen molar-refractivity contribution in [3.05, 3.63) is 99.3 Å². The van der Waals surface area contributed by atoms with Crippen molar-refractivity contribution >= 4 is 44.5 Å². The second kappa shape index (κ2) is 8.37. The Kier molecular flexibility index (Phi) is 5.38. The molecule has 0 saturated carbocycles. The van der Waals surface area contributed by atoms with Crippen LogP contribution in [0.4, 0.5) is 0 Å². The number of hydrogen-bond acceptors (Lipinski definition) is 4. The van der Waals surface area contributed by atoms with Crippen LogP contribution in [0.5, 0.6) is 11.5 Å². The smallest absolute Gasteiger partial charge is 0.231 e. The quantitative estimate of drug-likeness (QED) is 0.244. The molecule has 0 atom stereocenters. The first-order valence-electron chi connectivity index (χ1n) is 10.5. The van der Waals surface area contributed by atoms with E-state index in [2.05, 4.69) is 15.9 Å². The minimum absolute atomic E-state index is 0.103. The molecule has 0 amide bonds. The molecule has 3 aromatic carbocycles. The standard InChI is InChI=1S/C27H20BrNO4/c1-16-24(32-15-23(30)17-7-9-19(28)10-8-17)12-11-21-26(31)25(33-27(16)21)13-18-14-29(2)22-6-4-3-5-20(18)22/h3-14H,15H2,1-2H3/b25-13-. The maximum atomic E-state index is 13.0. The SMILES string of the molecule is Cc1c(OCC(=O)c2ccc(Br)cc2)ccc2c1O/C(=C\c1cn(C)c3ccccc13)C2=O. The lowest BCUT2D eigenvalue weighted by Gasteiger charge is -2.11. The number of fused-ring (bicyclic) bond motifs is 2. The fourth-order valence-corrected chi connectivity index (χ4v) is 4.28. The van der Waals surface area contributed by atoms with E-state index in [1.54, 1.807) is 30.3 Å². The molecule has 5 rings (SSSR count). The van der Waals surface area contributed by atoms with Crippen LogP contribution < -0.4 is 9.47 Å². The third-order valence-electron chi connectivity index (χ3n) is 5.78. The second-order valence-electron chi connectivity index (χ2n) is 7.94. The number of nitrogens with zero attached hydrogens (tertiary/aromatic N) is 1. The molecule has 0 aliphatic carbocycles. The van der Waals surface area contributed by atoms with Crippen molar-refractivity contribution in [3.8, 4) is 11.5 Å². The van der Waals surface area contributed by atoms with Gasteiger partial charge in [0.1, 0.15) is 11.5 Å². The lowest BCUT2D eigenvalue weighted by atomic mass is 10.1. The van der Waals surface area contributed by atoms with Crippen LogP contribution in [0.25, 0.3) is 17.0 Å². The van der Waals surface area contributed by atoms with Gasteiger partial charge in [0, 0.05) is 45.3 Å². The molecule has 0 unspecified atom stereocenters. The maximum absolute atomic E-state index is 13.0. The van der Waals surface area contributed by atoms with Crippen LogP contribution in [-0.2, 0) is 7.05 Å². The fourth-order valence-electron chi connectivity index (χ4n) is 4.02. The summed E-state index contributed by atoms with van der Waals surface area (Å²) in [7, 11) is 1.97. The normalized spacial score (nSPS) is 13.9. The summed E-state index contributed by atoms with van der Waals surface area (Å²) in [6, 6.07) is 18.5. The molecule has 0 bridgehead atoms. The molecule has 1 aromatic heterocycles. The Labute approximate surface area is 199 Å². The largest absolute Gasteiger partial charge is 0.485 e. The minimum atomic E-state index is -0.168. The number of ketones is 2. The van der Waals surface area contributed by atoms with Gasteiger partial charge in [0.05, 0.1) is 5.56 Å². The molecule has 6 heteroatoms. The van der Waals surface area contributed by atoms with E-state index in [1.807, 2.05) is 61.1 Å². The Balaban J connectivity index is 1.39. The van der Waals surface area contributed by atoms with Gasteiger partial charge in [0.2, 0.25) is 5.78 Å². The van der Waals surface area contributed by atoms with E-state index in [0.29, 0.717) is 28.2 Å². The number of hydrogen-bond donors (Lipinski definition) is 0. The molecule has 4 aromatic rings. The van der Waals surface area contributed by atoms with Gasteiger partial charge in [-0.3, -0.25) is 9.59 Å². The molecule has 0 fully saturated rings. The van der Waals surface area contributed by atoms with Gasteiger partial charge >= 0.3 is 0 Å². The summed E-state index contributed by atoms with van der Waals surface area (Å²) in [5.74, 6) is 0.959. The predicted octanol–water partition coefficient (Wildman–Crippen LogP) is 6.13. The summed E-state index contributed by atoms with van der Waals surface area (Å²) < 4.78 is 14.7. The van der Waals surface area contributed by atoms with E-state index in [9.17, 15) is 9.59 Å². The highest BCUT2D eigenvalue weighted by molar-refractivity contribution is 9.10. The van der Waals surface area contributed by atoms with Gasteiger partial charge in [-0.1, -0.05) is 46.3 Å². The lowest BCUT2D eigenvalue weighted by molar-refractivity contribution is 0.0920. The second-order valence-corrected chi connectivity index (χ2v) is 8.85. The van der Waals surface area contributed by atoms with Crippen LogP contribution in [-0.4, -0.2) is 22.7 Å². The highest BCUT2D eigenvalue weighted by Gasteiger charge is 2.30. The number of benzene rings is 3. The summed E-state index contributed by atoms with van der Waals surface area (Å²) in [5, 5.41) is 1.05. The predicted molar refractivity (Wildman–Crippen MR) is 131 cm³/mol. The molecular weight excluding hydrogens is 482 g/mol. The van der Waals surface area contributed by atoms with Gasteiger partial charge in [-0.25, -0.2) is 0 Å². The Morgan fingerprint density at radius 1 is 1.09 bits per heavy atom. The average Bonchev–Trinajstić information content (AvgIpc) is 3.31. The first kappa shape index (κ1) is 21.2. The number of carbonyl (C=O) groups is 2. The van der Waals surface area contributed by atoms with Crippen LogP contribution >= 0.6 is 15.9 Å². The molecule has 1 aliphatic heterocycles. The molecule has 1 aliphatic rings. The van der Waals surface area contributed by atoms with E-state index in [0.717, 1.165) is 20.9 Å². The summed E-state index contributed by atoms with van der Waals surface area (Å²) in [6.07, 6.45) is 3.76. The van der Waals surface area contributed by atoms with Crippen molar-refractivity contribution in [2.45, 2.75) is 6.92 Å². The Morgan fingerprint density at radius 2 is 1.85 bits per heavy atom. The van der Waals surface area contributed by atoms with Crippen molar-refractivity contribution in [2.24, 2.45) is 7.05 Å². The van der Waals surface area contributed by atoms with E-state index in [4.69, 9.17) is 9.47 Å². The number of aromatic nitrogens is 1. The van der Waals surface area contributed by atoms with Gasteiger partial charge in [-0.15, -0.1) is 0 Å². The van der Waals surface area contributed by atoms with Crippen LogP contribution in [0.2, 0.25) is 0 Å². The summed E-state index contributed by atoms with van der Waals surface area (Å²) in [5.41, 5.74) is 3.74. The Hall–Kier alpha value is -3.64. The number of allylic oxidation sites excluding steroid dienone is 1. The molecule has 0 radical (unpaired) electrons. The fraction of sp³-hybridized carbons (Fsp3) is 0.111. The maximum Gasteiger partial charge on any atom is 0.231 e. The first-order chi connectivity index (χ1) is 15.9. The molecule has 33 heavy (non-hydrogen) atoms. The van der Waals surface area contributed by atoms with Crippen LogP contribution in [0.1, 0.15) is 31.8 Å². The number of Topliss-reactive ketones (excluding diaryl/α,β-unsaturated/α-hetero) is 2. The summed E-state index contributed by atoms with van der Waals surface area (Å²) in [4.78, 5) is 25.4. The zero-order valence-corrected chi connectivity index (χ0v) is 19.7. The minimum Gasteiger partial charge on any atom is -0.485 e. The van der Waals surface area contributed by atoms with Crippen molar-refractivity contribution in [2.75, 3.05) is 6.61 Å². The molecule has 0 saturated heterocycles. The number of halogens is 1. The molecule has 164 valence electrons. The Bertz CT molecular complexity index is 1450. The van der Waals surface area contributed by atoms with Crippen molar-refractivity contribution in [1.82, 2.24) is 4.57 Å². The monoisotopic (exact) mass is 501 g/mol. The Morgan fingerprint density at radius 3 is 2.64 bits per heavy atom. The molecule has 0 spiro atoms. The zero-order chi connectivity index (χ0) is 23.1. The van der Waals surface area contributed by atoms with Crippen LogP contribution in [0, 0.1) is 6.92 Å². The van der Waals surface area contributed by atoms with Gasteiger partial charge in [0.15, 0.2) is 18.1 Å². The van der Waals surface area contributed by atoms with Gasteiger partial charge in [-0.2, -0.15) is 0 Å². The van der Waals surface area contributed by atoms with Crippen molar-refractivity contribution in [1.29, 1.82) is 0 Å². The van der Waals surface area contributed by atoms with E-state index >= 15 is 0 Å². The number of carbonyl (C=O) groups excluding carboxylic acids is 2. The van der Waals surface area contributed by atoms with E-state index in [1.165, 1.54) is 0 Å². The lowest BCUT2D eigenvalue weighted by Crippen LogP contribution is -2.12. The molecular formula is C27H20BrNO4. The molecule has 2 heterocycles. The number of para-hydroxylation sites is 1. The van der Waals surface area contributed by atoms with E-state index in [-0.39, 0.29) is 23.9 Å². The van der Waals surface area contributed by atoms with Crippen LogP contribution in [0.15, 0.2) is 77.1 Å². The highest BCUT2D eigenvalue weighted by atomic mass is 79.9. The van der Waals surface area contributed by atoms with Crippen molar-refractivity contribution in [3.63, 3.8) is 0 Å². The molecule has 5 nitrogen and oxygen atoms in total. The molecule has 0 N–H and O–H groups in total. The van der Waals surface area contributed by atoms with Gasteiger partial charge in [0.25, 0.3) is 0 Å². The van der Waals surface area contributed by atoms with Gasteiger partial charge < -0.3 is 14.0 Å². The highest BCUT2D eigenvalue weighted by Crippen LogP contribution is 2.39. The average molecular weight is 502 g/mol. The zero-order valence-electron chi connectivity index (χ0n) is 18.1. The third kappa shape index (κ3) is 3.87. The summed E-state index contributed by atoms with van der Waals surface area (Å²) >= 11 is 3.36. The van der Waals surface area contributed by atoms with Crippen LogP contribution in [0.3, 0.4) is 0 Å². The van der Waals surface area contributed by atoms with E-state index < -0.39 is 0 Å². The first-order valence-corrected chi connectivity index (χ1v) is 11.2. The van der Waals surface area contributed by atoms with Crippen molar-refractivity contribution < 1.29 is 19.1 Å². The number of aryl methyl sites for hydroxylation is 1. The third-order valence-corrected chi connectivity index (χ3v) is 6.30. The van der Waals surface area contributed by atoms with Gasteiger partial charge in [-0.05, 0) is 43.3 Å². The topological polar surface area (TPSA) is 57.5 Å². The number of ether oxygens (including phenoxy) is 2. The summed E-state index contributed by atoms with van der Waals surface area (Å²) in [6.45, 7) is 1.72.